The Morgan fingerprint density at radius 2 is 1.95 bits per heavy atom. The zero-order valence-electron chi connectivity index (χ0n) is 11.5. The van der Waals surface area contributed by atoms with Gasteiger partial charge in [0.15, 0.2) is 0 Å². The van der Waals surface area contributed by atoms with Crippen molar-refractivity contribution in [1.82, 2.24) is 0 Å². The number of aliphatic hydroxyl groups is 1. The monoisotopic (exact) mass is 282 g/mol. The van der Waals surface area contributed by atoms with E-state index in [1.165, 1.54) is 0 Å². The summed E-state index contributed by atoms with van der Waals surface area (Å²) in [6.07, 6.45) is 0. The standard InChI is InChI=1S/C15H22O3S/c1-12(8-16)10-19-11-13(2)15(17)18-9-14-6-4-3-5-7-14/h3-7,12-13,16H,8-11H2,1-2H3. The quantitative estimate of drug-likeness (QED) is 0.745. The summed E-state index contributed by atoms with van der Waals surface area (Å²) in [5, 5.41) is 8.91. The lowest BCUT2D eigenvalue weighted by atomic mass is 10.2. The van der Waals surface area contributed by atoms with Gasteiger partial charge < -0.3 is 9.84 Å². The van der Waals surface area contributed by atoms with Crippen LogP contribution in [-0.2, 0) is 16.1 Å². The second-order valence-corrected chi connectivity index (χ2v) is 5.89. The number of benzene rings is 1. The number of carbonyl (C=O) groups is 1. The first-order chi connectivity index (χ1) is 9.13. The van der Waals surface area contributed by atoms with Gasteiger partial charge >= 0.3 is 5.97 Å². The topological polar surface area (TPSA) is 46.5 Å². The number of rotatable bonds is 8. The van der Waals surface area contributed by atoms with Gasteiger partial charge in [-0.3, -0.25) is 4.79 Å². The van der Waals surface area contributed by atoms with Gasteiger partial charge in [-0.05, 0) is 17.2 Å². The van der Waals surface area contributed by atoms with Gasteiger partial charge in [-0.2, -0.15) is 11.8 Å². The van der Waals surface area contributed by atoms with Crippen LogP contribution < -0.4 is 0 Å². The van der Waals surface area contributed by atoms with E-state index in [0.29, 0.717) is 6.61 Å². The highest BCUT2D eigenvalue weighted by Crippen LogP contribution is 2.14. The summed E-state index contributed by atoms with van der Waals surface area (Å²) in [6, 6.07) is 9.68. The van der Waals surface area contributed by atoms with Crippen LogP contribution in [0, 0.1) is 11.8 Å². The van der Waals surface area contributed by atoms with E-state index in [9.17, 15) is 4.79 Å². The van der Waals surface area contributed by atoms with E-state index in [1.807, 2.05) is 44.2 Å². The summed E-state index contributed by atoms with van der Waals surface area (Å²) < 4.78 is 5.27. The van der Waals surface area contributed by atoms with Crippen molar-refractivity contribution in [2.45, 2.75) is 20.5 Å². The van der Waals surface area contributed by atoms with Gasteiger partial charge in [-0.1, -0.05) is 44.2 Å². The van der Waals surface area contributed by atoms with Crippen molar-refractivity contribution in [2.75, 3.05) is 18.1 Å². The first-order valence-corrected chi connectivity index (χ1v) is 7.68. The second-order valence-electron chi connectivity index (χ2n) is 4.82. The lowest BCUT2D eigenvalue weighted by Gasteiger charge is -2.12. The lowest BCUT2D eigenvalue weighted by Crippen LogP contribution is -2.17. The molecule has 0 fully saturated rings. The highest BCUT2D eigenvalue weighted by atomic mass is 32.2. The van der Waals surface area contributed by atoms with Crippen LogP contribution in [0.3, 0.4) is 0 Å². The molecule has 0 aromatic heterocycles. The molecule has 0 saturated heterocycles. The van der Waals surface area contributed by atoms with E-state index in [2.05, 4.69) is 0 Å². The van der Waals surface area contributed by atoms with Gasteiger partial charge in [-0.25, -0.2) is 0 Å². The van der Waals surface area contributed by atoms with E-state index < -0.39 is 0 Å². The fourth-order valence-corrected chi connectivity index (χ4v) is 2.57. The smallest absolute Gasteiger partial charge is 0.309 e. The third kappa shape index (κ3) is 6.64. The fourth-order valence-electron chi connectivity index (χ4n) is 1.44. The number of thioether (sulfide) groups is 1. The molecule has 0 aliphatic carbocycles. The zero-order valence-corrected chi connectivity index (χ0v) is 12.4. The Balaban J connectivity index is 2.21. The molecule has 106 valence electrons. The maximum atomic E-state index is 11.8. The first-order valence-electron chi connectivity index (χ1n) is 6.52. The van der Waals surface area contributed by atoms with E-state index in [0.717, 1.165) is 17.1 Å². The molecule has 0 heterocycles. The van der Waals surface area contributed by atoms with Crippen LogP contribution in [-0.4, -0.2) is 29.2 Å². The van der Waals surface area contributed by atoms with Crippen molar-refractivity contribution in [3.05, 3.63) is 35.9 Å². The van der Waals surface area contributed by atoms with Gasteiger partial charge in [0.05, 0.1) is 5.92 Å². The van der Waals surface area contributed by atoms with Gasteiger partial charge in [-0.15, -0.1) is 0 Å². The SMILES string of the molecule is CC(CO)CSCC(C)C(=O)OCc1ccccc1. The van der Waals surface area contributed by atoms with Crippen molar-refractivity contribution in [1.29, 1.82) is 0 Å². The van der Waals surface area contributed by atoms with Crippen molar-refractivity contribution >= 4 is 17.7 Å². The van der Waals surface area contributed by atoms with Crippen LogP contribution in [0.2, 0.25) is 0 Å². The van der Waals surface area contributed by atoms with Crippen LogP contribution in [0.5, 0.6) is 0 Å². The van der Waals surface area contributed by atoms with Gasteiger partial charge in [0.1, 0.15) is 6.61 Å². The molecule has 0 saturated carbocycles. The Labute approximate surface area is 119 Å². The molecule has 0 aliphatic heterocycles. The van der Waals surface area contributed by atoms with Crippen molar-refractivity contribution in [2.24, 2.45) is 11.8 Å². The third-order valence-corrected chi connectivity index (χ3v) is 4.25. The molecule has 0 amide bonds. The molecule has 2 unspecified atom stereocenters. The van der Waals surface area contributed by atoms with Crippen LogP contribution in [0.4, 0.5) is 0 Å². The maximum absolute atomic E-state index is 11.8. The number of esters is 1. The minimum Gasteiger partial charge on any atom is -0.461 e. The number of hydrogen-bond donors (Lipinski definition) is 1. The average Bonchev–Trinajstić information content (AvgIpc) is 2.45. The van der Waals surface area contributed by atoms with Crippen molar-refractivity contribution < 1.29 is 14.6 Å². The van der Waals surface area contributed by atoms with Crippen molar-refractivity contribution in [3.63, 3.8) is 0 Å². The molecule has 0 bridgehead atoms. The molecule has 0 spiro atoms. The maximum Gasteiger partial charge on any atom is 0.309 e. The Hall–Kier alpha value is -1.00. The average molecular weight is 282 g/mol. The summed E-state index contributed by atoms with van der Waals surface area (Å²) in [5.74, 6) is 1.61. The predicted octanol–water partition coefficient (Wildman–Crippen LogP) is 2.73. The molecule has 1 rings (SSSR count). The highest BCUT2D eigenvalue weighted by Gasteiger charge is 2.15. The van der Waals surface area contributed by atoms with Gasteiger partial charge in [0, 0.05) is 12.4 Å². The number of aliphatic hydroxyl groups excluding tert-OH is 1. The van der Waals surface area contributed by atoms with Crippen LogP contribution in [0.1, 0.15) is 19.4 Å². The van der Waals surface area contributed by atoms with Crippen LogP contribution in [0.25, 0.3) is 0 Å². The minimum atomic E-state index is -0.159. The summed E-state index contributed by atoms with van der Waals surface area (Å²) >= 11 is 1.68. The first kappa shape index (κ1) is 16.1. The molecule has 1 N–H and O–H groups in total. The Kier molecular flexibility index (Phi) is 7.60. The molecular weight excluding hydrogens is 260 g/mol. The number of carbonyl (C=O) groups excluding carboxylic acids is 1. The number of hydrogen-bond acceptors (Lipinski definition) is 4. The Morgan fingerprint density at radius 3 is 2.58 bits per heavy atom. The highest BCUT2D eigenvalue weighted by molar-refractivity contribution is 7.99. The van der Waals surface area contributed by atoms with E-state index in [4.69, 9.17) is 9.84 Å². The molecule has 19 heavy (non-hydrogen) atoms. The molecule has 1 aromatic rings. The summed E-state index contributed by atoms with van der Waals surface area (Å²) in [6.45, 7) is 4.40. The van der Waals surface area contributed by atoms with Crippen LogP contribution >= 0.6 is 11.8 Å². The molecule has 2 atom stereocenters. The third-order valence-electron chi connectivity index (χ3n) is 2.71. The Bertz CT molecular complexity index is 367. The largest absolute Gasteiger partial charge is 0.461 e. The molecule has 3 nitrogen and oxygen atoms in total. The molecule has 0 radical (unpaired) electrons. The normalized spacial score (nSPS) is 13.8. The number of ether oxygens (including phenoxy) is 1. The van der Waals surface area contributed by atoms with E-state index >= 15 is 0 Å². The summed E-state index contributed by atoms with van der Waals surface area (Å²) in [7, 11) is 0. The molecule has 1 aromatic carbocycles. The van der Waals surface area contributed by atoms with Crippen molar-refractivity contribution in [3.8, 4) is 0 Å². The molecular formula is C15H22O3S. The van der Waals surface area contributed by atoms with E-state index in [-0.39, 0.29) is 24.4 Å². The molecule has 0 aliphatic rings. The van der Waals surface area contributed by atoms with E-state index in [1.54, 1.807) is 11.8 Å². The predicted molar refractivity (Wildman–Crippen MR) is 79.0 cm³/mol. The summed E-state index contributed by atoms with van der Waals surface area (Å²) in [4.78, 5) is 11.8. The summed E-state index contributed by atoms with van der Waals surface area (Å²) in [5.41, 5.74) is 1.00. The molecule has 4 heteroatoms. The minimum absolute atomic E-state index is 0.111. The lowest BCUT2D eigenvalue weighted by molar-refractivity contribution is -0.148. The second kappa shape index (κ2) is 8.99. The van der Waals surface area contributed by atoms with Crippen LogP contribution in [0.15, 0.2) is 30.3 Å². The fraction of sp³-hybridized carbons (Fsp3) is 0.533. The van der Waals surface area contributed by atoms with Gasteiger partial charge in [0.2, 0.25) is 0 Å². The van der Waals surface area contributed by atoms with Gasteiger partial charge in [0.25, 0.3) is 0 Å². The Morgan fingerprint density at radius 1 is 1.26 bits per heavy atom. The zero-order chi connectivity index (χ0) is 14.1.